The summed E-state index contributed by atoms with van der Waals surface area (Å²) in [5, 5.41) is 4.66. The zero-order valence-electron chi connectivity index (χ0n) is 11.8. The summed E-state index contributed by atoms with van der Waals surface area (Å²) in [5.41, 5.74) is 1.17. The second-order valence-electron chi connectivity index (χ2n) is 5.26. The summed E-state index contributed by atoms with van der Waals surface area (Å²) in [6.07, 6.45) is 4.16. The van der Waals surface area contributed by atoms with Crippen LogP contribution >= 0.6 is 23.2 Å². The van der Waals surface area contributed by atoms with E-state index < -0.39 is 0 Å². The molecule has 0 amide bonds. The number of ether oxygens (including phenoxy) is 1. The molecule has 1 N–H and O–H groups in total. The molecule has 21 heavy (non-hydrogen) atoms. The molecule has 2 aromatic rings. The van der Waals surface area contributed by atoms with E-state index in [9.17, 15) is 0 Å². The van der Waals surface area contributed by atoms with Crippen LogP contribution < -0.4 is 10.1 Å². The van der Waals surface area contributed by atoms with E-state index in [4.69, 9.17) is 27.9 Å². The molecule has 1 aliphatic carbocycles. The van der Waals surface area contributed by atoms with Crippen molar-refractivity contribution in [3.63, 3.8) is 0 Å². The van der Waals surface area contributed by atoms with Crippen LogP contribution in [0.5, 0.6) is 5.75 Å². The number of rotatable bonds is 6. The maximum atomic E-state index is 6.27. The van der Waals surface area contributed by atoms with Crippen molar-refractivity contribution in [2.24, 2.45) is 7.05 Å². The summed E-state index contributed by atoms with van der Waals surface area (Å²) < 4.78 is 7.50. The maximum Gasteiger partial charge on any atom is 0.147 e. The van der Waals surface area contributed by atoms with Gasteiger partial charge in [0.05, 0.1) is 11.2 Å². The number of hydrogen-bond donors (Lipinski definition) is 1. The SMILES string of the molecule is Cn1c(Cl)cnc1COc1ccc(CNC2CC2)cc1Cl. The Kier molecular flexibility index (Phi) is 4.38. The van der Waals surface area contributed by atoms with Crippen LogP contribution in [0.2, 0.25) is 10.2 Å². The van der Waals surface area contributed by atoms with Crippen LogP contribution in [0.4, 0.5) is 0 Å². The summed E-state index contributed by atoms with van der Waals surface area (Å²) in [4.78, 5) is 4.19. The molecule has 0 aliphatic heterocycles. The average Bonchev–Trinajstić information content (AvgIpc) is 3.25. The van der Waals surface area contributed by atoms with Crippen LogP contribution in [0.25, 0.3) is 0 Å². The molecular formula is C15H17Cl2N3O. The number of benzene rings is 1. The lowest BCUT2D eigenvalue weighted by molar-refractivity contribution is 0.292. The van der Waals surface area contributed by atoms with Crippen LogP contribution in [0, 0.1) is 0 Å². The highest BCUT2D eigenvalue weighted by molar-refractivity contribution is 6.32. The topological polar surface area (TPSA) is 39.1 Å². The Morgan fingerprint density at radius 1 is 1.38 bits per heavy atom. The molecule has 0 unspecified atom stereocenters. The zero-order chi connectivity index (χ0) is 14.8. The van der Waals surface area contributed by atoms with Crippen molar-refractivity contribution in [3.8, 4) is 5.75 Å². The molecule has 112 valence electrons. The fourth-order valence-electron chi connectivity index (χ4n) is 2.02. The molecule has 6 heteroatoms. The minimum atomic E-state index is 0.336. The zero-order valence-corrected chi connectivity index (χ0v) is 13.3. The molecular weight excluding hydrogens is 309 g/mol. The first-order valence-electron chi connectivity index (χ1n) is 6.94. The van der Waals surface area contributed by atoms with Crippen molar-refractivity contribution < 1.29 is 4.74 Å². The molecule has 0 spiro atoms. The van der Waals surface area contributed by atoms with Gasteiger partial charge < -0.3 is 14.6 Å². The fourth-order valence-corrected chi connectivity index (χ4v) is 2.43. The van der Waals surface area contributed by atoms with Crippen LogP contribution in [0.3, 0.4) is 0 Å². The molecule has 0 bridgehead atoms. The number of nitrogens with zero attached hydrogens (tertiary/aromatic N) is 2. The summed E-state index contributed by atoms with van der Waals surface area (Å²) in [5.74, 6) is 1.42. The molecule has 1 fully saturated rings. The van der Waals surface area contributed by atoms with Gasteiger partial charge in [-0.3, -0.25) is 0 Å². The Bertz CT molecular complexity index is 638. The number of halogens is 2. The second kappa shape index (κ2) is 6.26. The van der Waals surface area contributed by atoms with E-state index in [1.807, 2.05) is 25.2 Å². The first-order valence-corrected chi connectivity index (χ1v) is 7.70. The molecule has 1 aromatic carbocycles. The van der Waals surface area contributed by atoms with Crippen LogP contribution in [-0.4, -0.2) is 15.6 Å². The summed E-state index contributed by atoms with van der Waals surface area (Å²) in [6, 6.07) is 6.56. The monoisotopic (exact) mass is 325 g/mol. The van der Waals surface area contributed by atoms with E-state index >= 15 is 0 Å². The molecule has 3 rings (SSSR count). The molecule has 1 aliphatic rings. The van der Waals surface area contributed by atoms with E-state index in [1.54, 1.807) is 10.8 Å². The minimum Gasteiger partial charge on any atom is -0.484 e. The van der Waals surface area contributed by atoms with Crippen LogP contribution in [-0.2, 0) is 20.2 Å². The molecule has 4 nitrogen and oxygen atoms in total. The van der Waals surface area contributed by atoms with Crippen molar-refractivity contribution >= 4 is 23.2 Å². The lowest BCUT2D eigenvalue weighted by atomic mass is 10.2. The number of nitrogens with one attached hydrogen (secondary N) is 1. The Balaban J connectivity index is 1.61. The normalized spacial score (nSPS) is 14.4. The first kappa shape index (κ1) is 14.7. The van der Waals surface area contributed by atoms with Gasteiger partial charge in [-0.1, -0.05) is 29.3 Å². The molecule has 1 aromatic heterocycles. The summed E-state index contributed by atoms with van der Waals surface area (Å²) >= 11 is 12.2. The summed E-state index contributed by atoms with van der Waals surface area (Å²) in [6.45, 7) is 1.18. The standard InChI is InChI=1S/C15H17Cl2N3O/c1-20-14(17)8-19-15(20)9-21-13-5-2-10(6-12(13)16)7-18-11-3-4-11/h2,5-6,8,11,18H,3-4,7,9H2,1H3. The van der Waals surface area contributed by atoms with Gasteiger partial charge in [0.1, 0.15) is 23.3 Å². The van der Waals surface area contributed by atoms with E-state index in [2.05, 4.69) is 10.3 Å². The quantitative estimate of drug-likeness (QED) is 0.882. The minimum absolute atomic E-state index is 0.336. The van der Waals surface area contributed by atoms with E-state index in [0.29, 0.717) is 28.6 Å². The van der Waals surface area contributed by atoms with Crippen molar-refractivity contribution in [1.29, 1.82) is 0 Å². The van der Waals surface area contributed by atoms with Gasteiger partial charge >= 0.3 is 0 Å². The number of hydrogen-bond acceptors (Lipinski definition) is 3. The largest absolute Gasteiger partial charge is 0.484 e. The van der Waals surface area contributed by atoms with E-state index in [0.717, 1.165) is 12.4 Å². The Morgan fingerprint density at radius 2 is 2.19 bits per heavy atom. The van der Waals surface area contributed by atoms with Gasteiger partial charge in [0.15, 0.2) is 0 Å². The molecule has 1 heterocycles. The van der Waals surface area contributed by atoms with Crippen molar-refractivity contribution in [1.82, 2.24) is 14.9 Å². The van der Waals surface area contributed by atoms with Crippen molar-refractivity contribution in [3.05, 3.63) is 46.0 Å². The third kappa shape index (κ3) is 3.70. The molecule has 0 atom stereocenters. The van der Waals surface area contributed by atoms with Gasteiger partial charge in [-0.2, -0.15) is 0 Å². The Morgan fingerprint density at radius 3 is 2.81 bits per heavy atom. The molecule has 0 radical (unpaired) electrons. The predicted molar refractivity (Wildman–Crippen MR) is 83.9 cm³/mol. The maximum absolute atomic E-state index is 6.27. The van der Waals surface area contributed by atoms with Gasteiger partial charge in [-0.05, 0) is 30.5 Å². The number of aromatic nitrogens is 2. The van der Waals surface area contributed by atoms with Gasteiger partial charge in [-0.25, -0.2) is 4.98 Å². The Labute approximate surface area is 134 Å². The van der Waals surface area contributed by atoms with Crippen molar-refractivity contribution in [2.75, 3.05) is 0 Å². The van der Waals surface area contributed by atoms with Crippen molar-refractivity contribution in [2.45, 2.75) is 32.0 Å². The highest BCUT2D eigenvalue weighted by Gasteiger charge is 2.20. The predicted octanol–water partition coefficient (Wildman–Crippen LogP) is 3.56. The van der Waals surface area contributed by atoms with Gasteiger partial charge in [0.25, 0.3) is 0 Å². The lowest BCUT2D eigenvalue weighted by Crippen LogP contribution is -2.15. The van der Waals surface area contributed by atoms with Gasteiger partial charge in [0, 0.05) is 19.6 Å². The van der Waals surface area contributed by atoms with Gasteiger partial charge in [-0.15, -0.1) is 0 Å². The van der Waals surface area contributed by atoms with E-state index in [1.165, 1.54) is 18.4 Å². The molecule has 0 saturated heterocycles. The first-order chi connectivity index (χ1) is 10.1. The Hall–Kier alpha value is -1.23. The smallest absolute Gasteiger partial charge is 0.147 e. The lowest BCUT2D eigenvalue weighted by Gasteiger charge is -2.10. The third-order valence-corrected chi connectivity index (χ3v) is 4.20. The van der Waals surface area contributed by atoms with Crippen LogP contribution in [0.15, 0.2) is 24.4 Å². The third-order valence-electron chi connectivity index (χ3n) is 3.55. The van der Waals surface area contributed by atoms with Crippen LogP contribution in [0.1, 0.15) is 24.2 Å². The molecule has 1 saturated carbocycles. The highest BCUT2D eigenvalue weighted by Crippen LogP contribution is 2.27. The second-order valence-corrected chi connectivity index (χ2v) is 6.06. The average molecular weight is 326 g/mol. The van der Waals surface area contributed by atoms with E-state index in [-0.39, 0.29) is 0 Å². The van der Waals surface area contributed by atoms with Gasteiger partial charge in [0.2, 0.25) is 0 Å². The summed E-state index contributed by atoms with van der Waals surface area (Å²) in [7, 11) is 1.85. The fraction of sp³-hybridized carbons (Fsp3) is 0.400. The highest BCUT2D eigenvalue weighted by atomic mass is 35.5. The number of imidazole rings is 1.